The van der Waals surface area contributed by atoms with Gasteiger partial charge in [0.15, 0.2) is 11.5 Å². The van der Waals surface area contributed by atoms with Crippen molar-refractivity contribution in [1.29, 1.82) is 0 Å². The minimum absolute atomic E-state index is 0.147. The van der Waals surface area contributed by atoms with Gasteiger partial charge in [0.25, 0.3) is 11.8 Å². The normalized spacial score (nSPS) is 32.5. The van der Waals surface area contributed by atoms with E-state index in [1.165, 1.54) is 6.21 Å². The van der Waals surface area contributed by atoms with Crippen LogP contribution in [0.15, 0.2) is 29.4 Å². The molecule has 7 heteroatoms. The Labute approximate surface area is 142 Å². The summed E-state index contributed by atoms with van der Waals surface area (Å²) in [6.07, 6.45) is 6.44. The maximum Gasteiger partial charge on any atom is 0.254 e. The third-order valence-corrected chi connectivity index (χ3v) is 5.58. The molecule has 2 fully saturated rings. The Balaban J connectivity index is 1.44. The van der Waals surface area contributed by atoms with Gasteiger partial charge in [-0.2, -0.15) is 10.1 Å². The summed E-state index contributed by atoms with van der Waals surface area (Å²) in [6, 6.07) is 3.32. The molecular formula is C17H13ClN2O4. The average Bonchev–Trinajstić information content (AvgIpc) is 3.31. The number of imide groups is 1. The number of allylic oxidation sites excluding steroid dienone is 2. The van der Waals surface area contributed by atoms with Gasteiger partial charge in [-0.15, -0.1) is 0 Å². The minimum atomic E-state index is -0.253. The highest BCUT2D eigenvalue weighted by Crippen LogP contribution is 2.52. The number of hydrogen-bond acceptors (Lipinski definition) is 5. The van der Waals surface area contributed by atoms with E-state index in [9.17, 15) is 9.59 Å². The average molecular weight is 345 g/mol. The van der Waals surface area contributed by atoms with Crippen molar-refractivity contribution in [3.8, 4) is 11.5 Å². The molecule has 4 atom stereocenters. The van der Waals surface area contributed by atoms with Gasteiger partial charge in [-0.25, -0.2) is 0 Å². The number of carbonyl (C=O) groups is 2. The van der Waals surface area contributed by atoms with Gasteiger partial charge in [-0.3, -0.25) is 9.59 Å². The number of fused-ring (bicyclic) bond motifs is 6. The number of benzene rings is 1. The molecule has 1 saturated heterocycles. The molecule has 5 rings (SSSR count). The summed E-state index contributed by atoms with van der Waals surface area (Å²) >= 11 is 6.19. The quantitative estimate of drug-likeness (QED) is 0.468. The van der Waals surface area contributed by atoms with E-state index >= 15 is 0 Å². The van der Waals surface area contributed by atoms with Crippen molar-refractivity contribution in [1.82, 2.24) is 5.01 Å². The number of halogens is 1. The molecule has 4 aliphatic rings. The Kier molecular flexibility index (Phi) is 2.83. The lowest BCUT2D eigenvalue weighted by Crippen LogP contribution is -2.28. The molecule has 0 unspecified atom stereocenters. The van der Waals surface area contributed by atoms with E-state index < -0.39 is 0 Å². The highest BCUT2D eigenvalue weighted by atomic mass is 35.5. The summed E-state index contributed by atoms with van der Waals surface area (Å²) in [4.78, 5) is 25.1. The van der Waals surface area contributed by atoms with Crippen LogP contribution in [-0.4, -0.2) is 29.8 Å². The summed E-state index contributed by atoms with van der Waals surface area (Å²) in [7, 11) is 0. The van der Waals surface area contributed by atoms with Gasteiger partial charge in [0.05, 0.1) is 23.1 Å². The van der Waals surface area contributed by atoms with E-state index in [1.807, 2.05) is 0 Å². The first-order valence-corrected chi connectivity index (χ1v) is 8.20. The summed E-state index contributed by atoms with van der Waals surface area (Å²) in [5.74, 6) is 0.553. The van der Waals surface area contributed by atoms with Crippen molar-refractivity contribution in [2.24, 2.45) is 28.8 Å². The molecule has 1 aromatic rings. The molecule has 0 radical (unpaired) electrons. The van der Waals surface area contributed by atoms with E-state index in [4.69, 9.17) is 21.1 Å². The second-order valence-electron chi connectivity index (χ2n) is 6.46. The van der Waals surface area contributed by atoms with Crippen LogP contribution >= 0.6 is 11.6 Å². The molecule has 1 saturated carbocycles. The molecule has 6 nitrogen and oxygen atoms in total. The van der Waals surface area contributed by atoms with Crippen LogP contribution in [0.2, 0.25) is 5.02 Å². The lowest BCUT2D eigenvalue weighted by atomic mass is 9.85. The maximum absolute atomic E-state index is 12.6. The van der Waals surface area contributed by atoms with Crippen molar-refractivity contribution >= 4 is 29.6 Å². The molecular weight excluding hydrogens is 332 g/mol. The van der Waals surface area contributed by atoms with Crippen LogP contribution in [0, 0.1) is 23.7 Å². The monoisotopic (exact) mass is 344 g/mol. The van der Waals surface area contributed by atoms with E-state index in [2.05, 4.69) is 17.3 Å². The number of ether oxygens (including phenoxy) is 2. The molecule has 0 N–H and O–H groups in total. The van der Waals surface area contributed by atoms with Crippen LogP contribution in [0.4, 0.5) is 0 Å². The van der Waals surface area contributed by atoms with Crippen LogP contribution in [0.1, 0.15) is 12.0 Å². The van der Waals surface area contributed by atoms with Gasteiger partial charge in [-0.05, 0) is 24.3 Å². The van der Waals surface area contributed by atoms with Crippen molar-refractivity contribution < 1.29 is 19.1 Å². The van der Waals surface area contributed by atoms with E-state index in [0.29, 0.717) is 22.1 Å². The van der Waals surface area contributed by atoms with Crippen molar-refractivity contribution in [3.05, 3.63) is 34.9 Å². The topological polar surface area (TPSA) is 68.2 Å². The van der Waals surface area contributed by atoms with Crippen molar-refractivity contribution in [2.45, 2.75) is 6.42 Å². The van der Waals surface area contributed by atoms with Crippen molar-refractivity contribution in [2.75, 3.05) is 6.79 Å². The third kappa shape index (κ3) is 1.80. The van der Waals surface area contributed by atoms with Gasteiger partial charge in [0.2, 0.25) is 6.79 Å². The summed E-state index contributed by atoms with van der Waals surface area (Å²) in [5.41, 5.74) is 0.569. The minimum Gasteiger partial charge on any atom is -0.454 e. The third-order valence-electron chi connectivity index (χ3n) is 5.25. The predicted molar refractivity (Wildman–Crippen MR) is 84.7 cm³/mol. The maximum atomic E-state index is 12.6. The highest BCUT2D eigenvalue weighted by Gasteiger charge is 2.59. The van der Waals surface area contributed by atoms with Crippen LogP contribution in [-0.2, 0) is 9.59 Å². The smallest absolute Gasteiger partial charge is 0.254 e. The van der Waals surface area contributed by atoms with Gasteiger partial charge >= 0.3 is 0 Å². The van der Waals surface area contributed by atoms with Crippen molar-refractivity contribution in [3.63, 3.8) is 0 Å². The lowest BCUT2D eigenvalue weighted by Gasteiger charge is -2.13. The first-order chi connectivity index (χ1) is 11.6. The molecule has 2 bridgehead atoms. The van der Waals surface area contributed by atoms with E-state index in [-0.39, 0.29) is 42.3 Å². The Hall–Kier alpha value is -2.34. The molecule has 2 amide bonds. The lowest BCUT2D eigenvalue weighted by molar-refractivity contribution is -0.140. The zero-order chi connectivity index (χ0) is 16.4. The standard InChI is InChI=1S/C17H13ClN2O4/c18-11-5-13-12(23-7-24-13)4-10(11)6-19-20-16(21)14-8-1-2-9(3-8)15(14)17(20)22/h1-2,4-6,8-9,14-15H,3,7H2/t8-,9-,14-,15+/m0/s1. The Morgan fingerprint density at radius 3 is 2.38 bits per heavy atom. The van der Waals surface area contributed by atoms with Crippen LogP contribution < -0.4 is 9.47 Å². The van der Waals surface area contributed by atoms with Gasteiger partial charge in [0, 0.05) is 11.6 Å². The van der Waals surface area contributed by atoms with E-state index in [0.717, 1.165) is 11.4 Å². The second kappa shape index (κ2) is 4.83. The fraction of sp³-hybridized carbons (Fsp3) is 0.353. The molecule has 0 aromatic heterocycles. The summed E-state index contributed by atoms with van der Waals surface area (Å²) in [6.45, 7) is 0.147. The second-order valence-corrected chi connectivity index (χ2v) is 6.87. The molecule has 0 spiro atoms. The fourth-order valence-corrected chi connectivity index (χ4v) is 4.35. The largest absolute Gasteiger partial charge is 0.454 e. The van der Waals surface area contributed by atoms with Crippen LogP contribution in [0.5, 0.6) is 11.5 Å². The Bertz CT molecular complexity index is 804. The number of hydrazone groups is 1. The van der Waals surface area contributed by atoms with Gasteiger partial charge < -0.3 is 9.47 Å². The predicted octanol–water partition coefficient (Wildman–Crippen LogP) is 2.21. The first kappa shape index (κ1) is 14.0. The number of carbonyl (C=O) groups excluding carboxylic acids is 2. The van der Waals surface area contributed by atoms with Crippen LogP contribution in [0.25, 0.3) is 0 Å². The van der Waals surface area contributed by atoms with Crippen LogP contribution in [0.3, 0.4) is 0 Å². The van der Waals surface area contributed by atoms with Gasteiger partial charge in [0.1, 0.15) is 0 Å². The molecule has 2 heterocycles. The number of amides is 2. The molecule has 1 aromatic carbocycles. The summed E-state index contributed by atoms with van der Waals surface area (Å²) in [5, 5.41) is 5.54. The summed E-state index contributed by atoms with van der Waals surface area (Å²) < 4.78 is 10.6. The zero-order valence-electron chi connectivity index (χ0n) is 12.5. The zero-order valence-corrected chi connectivity index (χ0v) is 13.3. The van der Waals surface area contributed by atoms with Gasteiger partial charge in [-0.1, -0.05) is 23.8 Å². The number of hydrogen-bond donors (Lipinski definition) is 0. The number of nitrogens with zero attached hydrogens (tertiary/aromatic N) is 2. The first-order valence-electron chi connectivity index (χ1n) is 7.83. The SMILES string of the molecule is O=C1[C@@H]2[C@H](C(=O)N1N=Cc1cc3c(cc1Cl)OCO3)[C@H]1C=C[C@H]2C1. The Morgan fingerprint density at radius 1 is 1.08 bits per heavy atom. The highest BCUT2D eigenvalue weighted by molar-refractivity contribution is 6.33. The Morgan fingerprint density at radius 2 is 1.71 bits per heavy atom. The molecule has 2 aliphatic heterocycles. The fourth-order valence-electron chi connectivity index (χ4n) is 4.15. The molecule has 24 heavy (non-hydrogen) atoms. The number of rotatable bonds is 2. The molecule has 2 aliphatic carbocycles. The molecule has 122 valence electrons. The van der Waals surface area contributed by atoms with E-state index in [1.54, 1.807) is 12.1 Å².